The molecule has 0 saturated carbocycles. The molecule has 11 heteroatoms. The fourth-order valence-electron chi connectivity index (χ4n) is 6.85. The summed E-state index contributed by atoms with van der Waals surface area (Å²) >= 11 is 0. The van der Waals surface area contributed by atoms with Crippen LogP contribution in [0.2, 0.25) is 0 Å². The molecule has 7 rings (SSSR count). The van der Waals surface area contributed by atoms with Crippen LogP contribution in [0.4, 0.5) is 11.5 Å². The van der Waals surface area contributed by atoms with E-state index in [2.05, 4.69) is 57.2 Å². The van der Waals surface area contributed by atoms with Crippen LogP contribution in [0.25, 0.3) is 5.65 Å². The first-order valence-corrected chi connectivity index (χ1v) is 14.2. The SMILES string of the molecule is Cc1cc(N2CC[C@](C)(c3ccccc3)C2)cn2nc(C(=O)N3CC[C@H]4[C@@H]3CC(=O)N4c3cccc(C(=O)O)n3)nc12. The van der Waals surface area contributed by atoms with Gasteiger partial charge in [0, 0.05) is 31.5 Å². The number of likely N-dealkylation sites (tertiary alicyclic amines) is 1. The highest BCUT2D eigenvalue weighted by atomic mass is 16.4. The van der Waals surface area contributed by atoms with Crippen molar-refractivity contribution in [2.75, 3.05) is 29.4 Å². The first-order valence-electron chi connectivity index (χ1n) is 14.2. The van der Waals surface area contributed by atoms with Gasteiger partial charge in [-0.3, -0.25) is 14.5 Å². The van der Waals surface area contributed by atoms with E-state index >= 15 is 0 Å². The van der Waals surface area contributed by atoms with Gasteiger partial charge < -0.3 is 14.9 Å². The highest BCUT2D eigenvalue weighted by molar-refractivity contribution is 5.99. The second kappa shape index (κ2) is 9.64. The monoisotopic (exact) mass is 565 g/mol. The molecule has 0 aliphatic carbocycles. The lowest BCUT2D eigenvalue weighted by Gasteiger charge is -2.26. The van der Waals surface area contributed by atoms with Crippen molar-refractivity contribution in [2.45, 2.75) is 50.6 Å². The van der Waals surface area contributed by atoms with Crippen LogP contribution < -0.4 is 9.80 Å². The molecule has 4 aromatic rings. The Morgan fingerprint density at radius 3 is 2.62 bits per heavy atom. The first kappa shape index (κ1) is 26.1. The largest absolute Gasteiger partial charge is 0.477 e. The zero-order chi connectivity index (χ0) is 29.2. The maximum Gasteiger partial charge on any atom is 0.354 e. The Hall–Kier alpha value is -4.80. The van der Waals surface area contributed by atoms with E-state index in [9.17, 15) is 19.5 Å². The average molecular weight is 566 g/mol. The number of anilines is 2. The van der Waals surface area contributed by atoms with Gasteiger partial charge in [0.1, 0.15) is 5.82 Å². The minimum atomic E-state index is -1.16. The summed E-state index contributed by atoms with van der Waals surface area (Å²) in [7, 11) is 0. The Labute approximate surface area is 242 Å². The van der Waals surface area contributed by atoms with Crippen molar-refractivity contribution in [2.24, 2.45) is 0 Å². The molecule has 0 unspecified atom stereocenters. The fourth-order valence-corrected chi connectivity index (χ4v) is 6.85. The maximum absolute atomic E-state index is 13.7. The van der Waals surface area contributed by atoms with E-state index < -0.39 is 5.97 Å². The molecular formula is C31H31N7O4. The van der Waals surface area contributed by atoms with E-state index in [1.165, 1.54) is 16.5 Å². The number of carbonyl (C=O) groups is 3. The van der Waals surface area contributed by atoms with Crippen LogP contribution in [0.15, 0.2) is 60.8 Å². The van der Waals surface area contributed by atoms with Crippen LogP contribution in [0, 0.1) is 6.92 Å². The number of amides is 2. The van der Waals surface area contributed by atoms with Crippen molar-refractivity contribution < 1.29 is 19.5 Å². The summed E-state index contributed by atoms with van der Waals surface area (Å²) in [5.74, 6) is -1.26. The van der Waals surface area contributed by atoms with Gasteiger partial charge in [-0.15, -0.1) is 5.10 Å². The zero-order valence-corrected chi connectivity index (χ0v) is 23.5. The topological polar surface area (TPSA) is 124 Å². The number of nitrogens with zero attached hydrogens (tertiary/aromatic N) is 7. The molecule has 3 aromatic heterocycles. The molecule has 0 radical (unpaired) electrons. The van der Waals surface area contributed by atoms with E-state index in [-0.39, 0.29) is 47.3 Å². The molecule has 3 aliphatic heterocycles. The molecule has 0 bridgehead atoms. The van der Waals surface area contributed by atoms with Crippen LogP contribution in [-0.2, 0) is 10.2 Å². The van der Waals surface area contributed by atoms with Gasteiger partial charge >= 0.3 is 5.97 Å². The predicted molar refractivity (Wildman–Crippen MR) is 155 cm³/mol. The van der Waals surface area contributed by atoms with Crippen molar-refractivity contribution >= 4 is 34.9 Å². The third-order valence-corrected chi connectivity index (χ3v) is 9.06. The van der Waals surface area contributed by atoms with Gasteiger partial charge in [-0.2, -0.15) is 0 Å². The average Bonchev–Trinajstić information content (AvgIpc) is 3.76. The summed E-state index contributed by atoms with van der Waals surface area (Å²) in [5, 5.41) is 13.9. The van der Waals surface area contributed by atoms with Crippen molar-refractivity contribution in [1.82, 2.24) is 24.5 Å². The molecular weight excluding hydrogens is 534 g/mol. The molecule has 3 saturated heterocycles. The number of hydrogen-bond donors (Lipinski definition) is 1. The highest BCUT2D eigenvalue weighted by Crippen LogP contribution is 2.38. The molecule has 3 fully saturated rings. The number of fused-ring (bicyclic) bond motifs is 2. The lowest BCUT2D eigenvalue weighted by molar-refractivity contribution is -0.117. The molecule has 3 atom stereocenters. The molecule has 2 amide bonds. The second-order valence-corrected chi connectivity index (χ2v) is 11.8. The van der Waals surface area contributed by atoms with Crippen LogP contribution in [0.1, 0.15) is 58.4 Å². The molecule has 11 nitrogen and oxygen atoms in total. The van der Waals surface area contributed by atoms with Crippen LogP contribution in [0.5, 0.6) is 0 Å². The summed E-state index contributed by atoms with van der Waals surface area (Å²) in [6.45, 7) is 6.53. The number of aromatic nitrogens is 4. The van der Waals surface area contributed by atoms with Gasteiger partial charge in [0.15, 0.2) is 11.3 Å². The van der Waals surface area contributed by atoms with Crippen molar-refractivity contribution in [3.05, 3.63) is 83.4 Å². The smallest absolute Gasteiger partial charge is 0.354 e. The summed E-state index contributed by atoms with van der Waals surface area (Å²) < 4.78 is 1.69. The quantitative estimate of drug-likeness (QED) is 0.391. The van der Waals surface area contributed by atoms with Crippen LogP contribution in [0.3, 0.4) is 0 Å². The van der Waals surface area contributed by atoms with E-state index in [1.807, 2.05) is 19.2 Å². The van der Waals surface area contributed by atoms with E-state index in [0.717, 1.165) is 30.8 Å². The number of hydrogen-bond acceptors (Lipinski definition) is 7. The Bertz CT molecular complexity index is 1740. The Balaban J connectivity index is 1.12. The molecule has 42 heavy (non-hydrogen) atoms. The van der Waals surface area contributed by atoms with Crippen molar-refractivity contribution in [1.29, 1.82) is 0 Å². The second-order valence-electron chi connectivity index (χ2n) is 11.8. The minimum absolute atomic E-state index is 0.0526. The minimum Gasteiger partial charge on any atom is -0.477 e. The number of carboxylic acid groups (broad SMARTS) is 1. The fraction of sp³-hybridized carbons (Fsp3) is 0.355. The third kappa shape index (κ3) is 4.18. The summed E-state index contributed by atoms with van der Waals surface area (Å²) in [6, 6.07) is 16.7. The van der Waals surface area contributed by atoms with E-state index in [4.69, 9.17) is 0 Å². The Kier molecular flexibility index (Phi) is 6.00. The number of aryl methyl sites for hydroxylation is 1. The van der Waals surface area contributed by atoms with E-state index in [0.29, 0.717) is 24.4 Å². The van der Waals surface area contributed by atoms with Gasteiger partial charge in [0.2, 0.25) is 11.7 Å². The standard InChI is InChI=1S/C31H31N7O4/c1-19-15-21(35-14-12-31(2,18-35)20-7-4-3-5-8-20)17-37-28(19)33-27(34-37)29(40)36-13-11-23-24(36)16-26(39)38(23)25-10-6-9-22(32-25)30(41)42/h3-10,15,17,23-24H,11-14,16,18H2,1-2H3,(H,41,42)/t23-,24-,31-/m0/s1. The number of pyridine rings is 2. The van der Waals surface area contributed by atoms with Crippen LogP contribution >= 0.6 is 0 Å². The molecule has 1 aromatic carbocycles. The number of carboxylic acids is 1. The van der Waals surface area contributed by atoms with Gasteiger partial charge in [-0.1, -0.05) is 43.3 Å². The molecule has 0 spiro atoms. The molecule has 214 valence electrons. The highest BCUT2D eigenvalue weighted by Gasteiger charge is 2.50. The van der Waals surface area contributed by atoms with Gasteiger partial charge in [0.05, 0.1) is 24.0 Å². The third-order valence-electron chi connectivity index (χ3n) is 9.06. The zero-order valence-electron chi connectivity index (χ0n) is 23.5. The molecule has 6 heterocycles. The number of carbonyl (C=O) groups excluding carboxylic acids is 2. The molecule has 1 N–H and O–H groups in total. The maximum atomic E-state index is 13.7. The van der Waals surface area contributed by atoms with Gasteiger partial charge in [0.25, 0.3) is 5.91 Å². The van der Waals surface area contributed by atoms with Crippen LogP contribution in [-0.4, -0.2) is 79.1 Å². The number of aromatic carboxylic acids is 1. The first-order chi connectivity index (χ1) is 20.2. The van der Waals surface area contributed by atoms with Crippen molar-refractivity contribution in [3.8, 4) is 0 Å². The summed E-state index contributed by atoms with van der Waals surface area (Å²) in [5.41, 5.74) is 3.85. The Morgan fingerprint density at radius 2 is 1.83 bits per heavy atom. The summed E-state index contributed by atoms with van der Waals surface area (Å²) in [6.07, 6.45) is 3.68. The van der Waals surface area contributed by atoms with Gasteiger partial charge in [-0.25, -0.2) is 19.3 Å². The molecule has 3 aliphatic rings. The number of benzene rings is 1. The van der Waals surface area contributed by atoms with Crippen molar-refractivity contribution in [3.63, 3.8) is 0 Å². The number of rotatable bonds is 5. The predicted octanol–water partition coefficient (Wildman–Crippen LogP) is 3.32. The lowest BCUT2D eigenvalue weighted by Crippen LogP contribution is -2.40. The Morgan fingerprint density at radius 1 is 1.02 bits per heavy atom. The normalized spacial score (nSPS) is 23.7. The van der Waals surface area contributed by atoms with Gasteiger partial charge in [-0.05, 0) is 49.1 Å². The summed E-state index contributed by atoms with van der Waals surface area (Å²) in [4.78, 5) is 52.5. The van der Waals surface area contributed by atoms with E-state index in [1.54, 1.807) is 21.5 Å². The lowest BCUT2D eigenvalue weighted by atomic mass is 9.82.